The van der Waals surface area contributed by atoms with Gasteiger partial charge in [-0.1, -0.05) is 0 Å². The Bertz CT molecular complexity index is 544. The van der Waals surface area contributed by atoms with Gasteiger partial charge in [-0.3, -0.25) is 9.59 Å². The molecule has 6 nitrogen and oxygen atoms in total. The molecule has 0 aromatic carbocycles. The summed E-state index contributed by atoms with van der Waals surface area (Å²) in [7, 11) is 0. The van der Waals surface area contributed by atoms with E-state index in [0.29, 0.717) is 15.9 Å². The number of carbonyl (C=O) groups is 1. The number of carbonyl (C=O) groups excluding carboxylic acids is 1. The van der Waals surface area contributed by atoms with Crippen molar-refractivity contribution in [3.05, 3.63) is 20.3 Å². The first kappa shape index (κ1) is 11.9. The van der Waals surface area contributed by atoms with Crippen LogP contribution in [0.3, 0.4) is 0 Å². The normalized spacial score (nSPS) is 26.9. The monoisotopic (exact) mass is 360 g/mol. The number of nitrogens with zero attached hydrogens (tertiary/aromatic N) is 2. The van der Waals surface area contributed by atoms with E-state index in [0.717, 1.165) is 19.4 Å². The Morgan fingerprint density at radius 1 is 1.44 bits per heavy atom. The van der Waals surface area contributed by atoms with Crippen LogP contribution >= 0.6 is 22.6 Å². The number of rotatable bonds is 1. The molecule has 18 heavy (non-hydrogen) atoms. The number of nitrogens with one attached hydrogen (secondary N) is 2. The Kier molecular flexibility index (Phi) is 3.00. The van der Waals surface area contributed by atoms with Crippen molar-refractivity contribution in [3.63, 3.8) is 0 Å². The molecule has 2 N–H and O–H groups in total. The summed E-state index contributed by atoms with van der Waals surface area (Å²) in [5.74, 6) is 0.866. The lowest BCUT2D eigenvalue weighted by molar-refractivity contribution is -0.122. The minimum Gasteiger partial charge on any atom is -0.354 e. The van der Waals surface area contributed by atoms with Gasteiger partial charge in [-0.15, -0.1) is 0 Å². The molecular weight excluding hydrogens is 347 g/mol. The van der Waals surface area contributed by atoms with Crippen molar-refractivity contribution in [2.45, 2.75) is 18.9 Å². The van der Waals surface area contributed by atoms with Crippen molar-refractivity contribution in [2.75, 3.05) is 18.0 Å². The second kappa shape index (κ2) is 4.52. The van der Waals surface area contributed by atoms with Gasteiger partial charge >= 0.3 is 0 Å². The molecule has 0 spiro atoms. The van der Waals surface area contributed by atoms with Gasteiger partial charge in [-0.05, 0) is 35.4 Å². The molecule has 0 saturated carbocycles. The van der Waals surface area contributed by atoms with E-state index in [1.807, 2.05) is 22.6 Å². The van der Waals surface area contributed by atoms with Crippen LogP contribution in [0.1, 0.15) is 12.8 Å². The summed E-state index contributed by atoms with van der Waals surface area (Å²) in [5.41, 5.74) is -0.125. The smallest absolute Gasteiger partial charge is 0.266 e. The van der Waals surface area contributed by atoms with Gasteiger partial charge in [0.15, 0.2) is 0 Å². The summed E-state index contributed by atoms with van der Waals surface area (Å²) in [5, 5.41) is 2.90. The number of H-pyrrole nitrogens is 1. The summed E-state index contributed by atoms with van der Waals surface area (Å²) in [6, 6.07) is 0.133. The minimum atomic E-state index is -0.125. The minimum absolute atomic E-state index is 0.0376. The van der Waals surface area contributed by atoms with Crippen LogP contribution in [0.5, 0.6) is 0 Å². The van der Waals surface area contributed by atoms with Crippen molar-refractivity contribution < 1.29 is 4.79 Å². The summed E-state index contributed by atoms with van der Waals surface area (Å²) in [6.07, 6.45) is 3.31. The fourth-order valence-corrected chi connectivity index (χ4v) is 3.39. The van der Waals surface area contributed by atoms with E-state index in [1.54, 1.807) is 0 Å². The Labute approximate surface area is 117 Å². The van der Waals surface area contributed by atoms with E-state index in [-0.39, 0.29) is 23.4 Å². The molecule has 0 aliphatic carbocycles. The maximum atomic E-state index is 11.7. The molecule has 0 radical (unpaired) electrons. The van der Waals surface area contributed by atoms with Gasteiger partial charge in [0.2, 0.25) is 5.91 Å². The van der Waals surface area contributed by atoms with Gasteiger partial charge in [0.1, 0.15) is 9.39 Å². The lowest BCUT2D eigenvalue weighted by Crippen LogP contribution is -2.47. The number of aromatic amines is 1. The van der Waals surface area contributed by atoms with Crippen LogP contribution in [0, 0.1) is 9.49 Å². The quantitative estimate of drug-likeness (QED) is 0.696. The number of aromatic nitrogens is 2. The molecular formula is C11H13IN4O2. The maximum Gasteiger partial charge on any atom is 0.266 e. The molecule has 2 unspecified atom stereocenters. The second-order valence-electron chi connectivity index (χ2n) is 4.62. The molecule has 2 saturated heterocycles. The number of piperidine rings is 1. The Morgan fingerprint density at radius 3 is 3.11 bits per heavy atom. The predicted molar refractivity (Wildman–Crippen MR) is 74.4 cm³/mol. The predicted octanol–water partition coefficient (Wildman–Crippen LogP) is 0.0893. The van der Waals surface area contributed by atoms with Gasteiger partial charge in [-0.25, -0.2) is 4.98 Å². The zero-order valence-corrected chi connectivity index (χ0v) is 11.8. The van der Waals surface area contributed by atoms with Crippen LogP contribution in [0.4, 0.5) is 5.82 Å². The van der Waals surface area contributed by atoms with Crippen LogP contribution in [0.2, 0.25) is 0 Å². The van der Waals surface area contributed by atoms with Crippen LogP contribution in [-0.4, -0.2) is 35.0 Å². The number of fused-ring (bicyclic) bond motifs is 1. The number of amides is 1. The lowest BCUT2D eigenvalue weighted by atomic mass is 9.91. The molecule has 2 aliphatic heterocycles. The fourth-order valence-electron chi connectivity index (χ4n) is 2.79. The largest absolute Gasteiger partial charge is 0.354 e. The highest BCUT2D eigenvalue weighted by Gasteiger charge is 2.41. The summed E-state index contributed by atoms with van der Waals surface area (Å²) >= 11 is 2.01. The molecule has 1 amide bonds. The standard InChI is InChI=1S/C11H13IN4O2/c12-8-9(14-5-15-11(8)18)16-3-1-2-6-7(16)4-13-10(6)17/h5-7H,1-4H2,(H,13,17)(H,14,15,18). The van der Waals surface area contributed by atoms with Gasteiger partial charge in [0.05, 0.1) is 18.3 Å². The van der Waals surface area contributed by atoms with Gasteiger partial charge < -0.3 is 15.2 Å². The van der Waals surface area contributed by atoms with Crippen LogP contribution in [0.15, 0.2) is 11.1 Å². The highest BCUT2D eigenvalue weighted by Crippen LogP contribution is 2.31. The van der Waals surface area contributed by atoms with Gasteiger partial charge in [0.25, 0.3) is 5.56 Å². The second-order valence-corrected chi connectivity index (χ2v) is 5.70. The van der Waals surface area contributed by atoms with Crippen molar-refractivity contribution in [1.82, 2.24) is 15.3 Å². The Hall–Kier alpha value is -1.12. The van der Waals surface area contributed by atoms with Crippen LogP contribution in [-0.2, 0) is 4.79 Å². The van der Waals surface area contributed by atoms with Gasteiger partial charge in [0, 0.05) is 13.1 Å². The summed E-state index contributed by atoms with van der Waals surface area (Å²) in [4.78, 5) is 32.3. The number of hydrogen-bond donors (Lipinski definition) is 2. The summed E-state index contributed by atoms with van der Waals surface area (Å²) in [6.45, 7) is 1.50. The molecule has 7 heteroatoms. The third-order valence-electron chi connectivity index (χ3n) is 3.65. The van der Waals surface area contributed by atoms with Crippen LogP contribution in [0.25, 0.3) is 0 Å². The average Bonchev–Trinajstić information content (AvgIpc) is 2.75. The van der Waals surface area contributed by atoms with E-state index in [2.05, 4.69) is 20.2 Å². The van der Waals surface area contributed by atoms with Crippen molar-refractivity contribution in [3.8, 4) is 0 Å². The Balaban J connectivity index is 1.98. The van der Waals surface area contributed by atoms with E-state index >= 15 is 0 Å². The van der Waals surface area contributed by atoms with Crippen LogP contribution < -0.4 is 15.8 Å². The molecule has 0 bridgehead atoms. The molecule has 2 aliphatic rings. The SMILES string of the molecule is O=C1NCC2C1CCCN2c1nc[nH]c(=O)c1I. The fraction of sp³-hybridized carbons (Fsp3) is 0.545. The molecule has 3 rings (SSSR count). The molecule has 1 aromatic heterocycles. The number of halogens is 1. The molecule has 96 valence electrons. The zero-order chi connectivity index (χ0) is 12.7. The highest BCUT2D eigenvalue weighted by atomic mass is 127. The molecule has 3 heterocycles. The summed E-state index contributed by atoms with van der Waals surface area (Å²) < 4.78 is 0.593. The molecule has 2 atom stereocenters. The zero-order valence-electron chi connectivity index (χ0n) is 9.65. The van der Waals surface area contributed by atoms with Gasteiger partial charge in [-0.2, -0.15) is 0 Å². The Morgan fingerprint density at radius 2 is 2.28 bits per heavy atom. The number of anilines is 1. The third-order valence-corrected chi connectivity index (χ3v) is 4.62. The van der Waals surface area contributed by atoms with E-state index in [4.69, 9.17) is 0 Å². The van der Waals surface area contributed by atoms with E-state index in [1.165, 1.54) is 6.33 Å². The molecule has 2 fully saturated rings. The first-order chi connectivity index (χ1) is 8.68. The first-order valence-corrected chi connectivity index (χ1v) is 7.04. The highest BCUT2D eigenvalue weighted by molar-refractivity contribution is 14.1. The van der Waals surface area contributed by atoms with E-state index < -0.39 is 0 Å². The van der Waals surface area contributed by atoms with Crippen molar-refractivity contribution in [2.24, 2.45) is 5.92 Å². The van der Waals surface area contributed by atoms with Crippen molar-refractivity contribution in [1.29, 1.82) is 0 Å². The topological polar surface area (TPSA) is 78.1 Å². The van der Waals surface area contributed by atoms with Crippen molar-refractivity contribution >= 4 is 34.3 Å². The lowest BCUT2D eigenvalue weighted by Gasteiger charge is -2.36. The number of hydrogen-bond acceptors (Lipinski definition) is 4. The third kappa shape index (κ3) is 1.80. The average molecular weight is 360 g/mol. The molecule has 1 aromatic rings. The maximum absolute atomic E-state index is 11.7. The van der Waals surface area contributed by atoms with E-state index in [9.17, 15) is 9.59 Å². The first-order valence-electron chi connectivity index (χ1n) is 5.96.